The molecule has 5 nitrogen and oxygen atoms in total. The lowest BCUT2D eigenvalue weighted by Crippen LogP contribution is -2.14. The van der Waals surface area contributed by atoms with E-state index in [1.54, 1.807) is 42.6 Å². The number of nitrogens with zero attached hydrogens (tertiary/aromatic N) is 2. The van der Waals surface area contributed by atoms with Crippen molar-refractivity contribution in [2.45, 2.75) is 6.92 Å². The number of pyridine rings is 1. The molecule has 3 aromatic rings. The number of hydrogen-bond donors (Lipinski definition) is 2. The molecule has 0 spiro atoms. The van der Waals surface area contributed by atoms with Gasteiger partial charge in [0.15, 0.2) is 0 Å². The van der Waals surface area contributed by atoms with Gasteiger partial charge in [-0.25, -0.2) is 0 Å². The lowest BCUT2D eigenvalue weighted by atomic mass is 10.2. The number of hydrogen-bond acceptors (Lipinski definition) is 4. The molecule has 1 amide bonds. The van der Waals surface area contributed by atoms with Crippen molar-refractivity contribution in [2.24, 2.45) is 0 Å². The minimum atomic E-state index is -0.390. The Balaban J connectivity index is 1.82. The Morgan fingerprint density at radius 1 is 1.12 bits per heavy atom. The number of nitrogens with one attached hydrogen (secondary N) is 2. The van der Waals surface area contributed by atoms with Gasteiger partial charge in [0.05, 0.1) is 11.3 Å². The Bertz CT molecular complexity index is 1010. The molecule has 0 aliphatic carbocycles. The van der Waals surface area contributed by atoms with Crippen LogP contribution in [0.1, 0.15) is 21.6 Å². The van der Waals surface area contributed by atoms with E-state index in [4.69, 9.17) is 16.9 Å². The summed E-state index contributed by atoms with van der Waals surface area (Å²) in [5, 5.41) is 15.7. The Morgan fingerprint density at radius 2 is 1.88 bits per heavy atom. The van der Waals surface area contributed by atoms with Crippen LogP contribution in [0.15, 0.2) is 60.8 Å². The summed E-state index contributed by atoms with van der Waals surface area (Å²) in [6.45, 7) is 1.91. The van der Waals surface area contributed by atoms with Crippen LogP contribution in [0.2, 0.25) is 5.02 Å². The van der Waals surface area contributed by atoms with Gasteiger partial charge in [-0.1, -0.05) is 29.8 Å². The maximum Gasteiger partial charge on any atom is 0.274 e. The summed E-state index contributed by atoms with van der Waals surface area (Å²) in [5.41, 5.74) is 3.56. The van der Waals surface area contributed by atoms with E-state index in [0.29, 0.717) is 22.0 Å². The number of para-hydroxylation sites is 1. The third kappa shape index (κ3) is 3.82. The van der Waals surface area contributed by atoms with Gasteiger partial charge < -0.3 is 10.6 Å². The molecule has 2 aromatic carbocycles. The second-order valence-electron chi connectivity index (χ2n) is 5.58. The van der Waals surface area contributed by atoms with Crippen LogP contribution in [0.4, 0.5) is 17.1 Å². The normalized spacial score (nSPS) is 10.0. The van der Waals surface area contributed by atoms with Gasteiger partial charge in [-0.05, 0) is 48.9 Å². The van der Waals surface area contributed by atoms with Gasteiger partial charge in [-0.3, -0.25) is 9.78 Å². The molecule has 0 saturated heterocycles. The molecule has 2 N–H and O–H groups in total. The number of carbonyl (C=O) groups is 1. The van der Waals surface area contributed by atoms with E-state index in [9.17, 15) is 4.79 Å². The summed E-state index contributed by atoms with van der Waals surface area (Å²) in [7, 11) is 0. The minimum Gasteiger partial charge on any atom is -0.355 e. The smallest absolute Gasteiger partial charge is 0.274 e. The molecule has 6 heteroatoms. The Morgan fingerprint density at radius 3 is 2.69 bits per heavy atom. The molecule has 1 heterocycles. The molecule has 3 rings (SSSR count). The van der Waals surface area contributed by atoms with E-state index in [0.717, 1.165) is 11.3 Å². The molecule has 0 aliphatic heterocycles. The molecule has 26 heavy (non-hydrogen) atoms. The van der Waals surface area contributed by atoms with Crippen LogP contribution < -0.4 is 10.6 Å². The number of halogens is 1. The van der Waals surface area contributed by atoms with Gasteiger partial charge >= 0.3 is 0 Å². The number of anilines is 3. The van der Waals surface area contributed by atoms with Crippen LogP contribution in [-0.2, 0) is 0 Å². The average Bonchev–Trinajstić information content (AvgIpc) is 2.66. The summed E-state index contributed by atoms with van der Waals surface area (Å²) in [4.78, 5) is 16.6. The van der Waals surface area contributed by atoms with Gasteiger partial charge in [0.1, 0.15) is 11.8 Å². The number of nitriles is 1. The van der Waals surface area contributed by atoms with Crippen LogP contribution in [0.3, 0.4) is 0 Å². The summed E-state index contributed by atoms with van der Waals surface area (Å²) in [6.07, 6.45) is 1.55. The zero-order valence-electron chi connectivity index (χ0n) is 14.0. The lowest BCUT2D eigenvalue weighted by molar-refractivity contribution is 0.102. The molecule has 0 saturated carbocycles. The second-order valence-corrected chi connectivity index (χ2v) is 5.99. The molecule has 0 fully saturated rings. The monoisotopic (exact) mass is 362 g/mol. The predicted octanol–water partition coefficient (Wildman–Crippen LogP) is 4.91. The molecular formula is C20H15ClN4O. The fourth-order valence-electron chi connectivity index (χ4n) is 2.41. The summed E-state index contributed by atoms with van der Waals surface area (Å²) in [6, 6.07) is 17.8. The van der Waals surface area contributed by atoms with E-state index < -0.39 is 0 Å². The van der Waals surface area contributed by atoms with Gasteiger partial charge in [-0.2, -0.15) is 5.26 Å². The third-order valence-electron chi connectivity index (χ3n) is 3.83. The zero-order chi connectivity index (χ0) is 18.5. The van der Waals surface area contributed by atoms with Crippen LogP contribution in [0, 0.1) is 18.3 Å². The van der Waals surface area contributed by atoms with Crippen LogP contribution >= 0.6 is 11.6 Å². The summed E-state index contributed by atoms with van der Waals surface area (Å²) < 4.78 is 0. The molecule has 0 bridgehead atoms. The van der Waals surface area contributed by atoms with Crippen molar-refractivity contribution in [3.63, 3.8) is 0 Å². The van der Waals surface area contributed by atoms with Crippen molar-refractivity contribution in [3.05, 3.63) is 82.6 Å². The Hall–Kier alpha value is -3.36. The fourth-order valence-corrected chi connectivity index (χ4v) is 2.58. The SMILES string of the molecule is Cc1c(Cl)cccc1Nc1ccnc(C(=O)Nc2ccccc2C#N)c1. The van der Waals surface area contributed by atoms with E-state index in [-0.39, 0.29) is 11.6 Å². The largest absolute Gasteiger partial charge is 0.355 e. The first-order valence-corrected chi connectivity index (χ1v) is 8.25. The number of rotatable bonds is 4. The van der Waals surface area contributed by atoms with Gasteiger partial charge in [-0.15, -0.1) is 0 Å². The third-order valence-corrected chi connectivity index (χ3v) is 4.24. The van der Waals surface area contributed by atoms with Crippen LogP contribution in [0.25, 0.3) is 0 Å². The maximum absolute atomic E-state index is 12.5. The summed E-state index contributed by atoms with van der Waals surface area (Å²) in [5.74, 6) is -0.390. The number of amides is 1. The molecule has 0 unspecified atom stereocenters. The molecule has 0 atom stereocenters. The van der Waals surface area contributed by atoms with E-state index >= 15 is 0 Å². The molecule has 128 valence electrons. The lowest BCUT2D eigenvalue weighted by Gasteiger charge is -2.12. The van der Waals surface area contributed by atoms with E-state index in [2.05, 4.69) is 15.6 Å². The highest BCUT2D eigenvalue weighted by Crippen LogP contribution is 2.26. The van der Waals surface area contributed by atoms with E-state index in [1.165, 1.54) is 0 Å². The molecule has 0 radical (unpaired) electrons. The first-order valence-electron chi connectivity index (χ1n) is 7.87. The van der Waals surface area contributed by atoms with Crippen LogP contribution in [0.5, 0.6) is 0 Å². The van der Waals surface area contributed by atoms with Gasteiger partial charge in [0.25, 0.3) is 5.91 Å². The topological polar surface area (TPSA) is 77.8 Å². The first-order chi connectivity index (χ1) is 12.6. The van der Waals surface area contributed by atoms with Gasteiger partial charge in [0, 0.05) is 22.6 Å². The molecular weight excluding hydrogens is 348 g/mol. The highest BCUT2D eigenvalue weighted by atomic mass is 35.5. The second kappa shape index (κ2) is 7.68. The zero-order valence-corrected chi connectivity index (χ0v) is 14.7. The van der Waals surface area contributed by atoms with Crippen molar-refractivity contribution >= 4 is 34.6 Å². The van der Waals surface area contributed by atoms with Crippen molar-refractivity contribution in [2.75, 3.05) is 10.6 Å². The Labute approximate surface area is 156 Å². The quantitative estimate of drug-likeness (QED) is 0.691. The predicted molar refractivity (Wildman–Crippen MR) is 103 cm³/mol. The molecule has 1 aromatic heterocycles. The van der Waals surface area contributed by atoms with Crippen molar-refractivity contribution in [3.8, 4) is 6.07 Å². The average molecular weight is 363 g/mol. The first kappa shape index (κ1) is 17.5. The number of carbonyl (C=O) groups excluding carboxylic acids is 1. The highest BCUT2D eigenvalue weighted by molar-refractivity contribution is 6.31. The summed E-state index contributed by atoms with van der Waals surface area (Å²) >= 11 is 6.14. The van der Waals surface area contributed by atoms with Crippen molar-refractivity contribution < 1.29 is 4.79 Å². The number of aromatic nitrogens is 1. The van der Waals surface area contributed by atoms with Crippen LogP contribution in [-0.4, -0.2) is 10.9 Å². The highest BCUT2D eigenvalue weighted by Gasteiger charge is 2.11. The fraction of sp³-hybridized carbons (Fsp3) is 0.0500. The minimum absolute atomic E-state index is 0.238. The standard InChI is InChI=1S/C20H15ClN4O/c1-13-16(21)6-4-8-17(13)24-15-9-10-23-19(11-15)20(26)25-18-7-3-2-5-14(18)12-22/h2-11H,1H3,(H,23,24)(H,25,26). The van der Waals surface area contributed by atoms with Crippen molar-refractivity contribution in [1.82, 2.24) is 4.98 Å². The maximum atomic E-state index is 12.5. The Kier molecular flexibility index (Phi) is 5.16. The molecule has 0 aliphatic rings. The number of benzene rings is 2. The van der Waals surface area contributed by atoms with E-state index in [1.807, 2.05) is 31.2 Å². The van der Waals surface area contributed by atoms with Gasteiger partial charge in [0.2, 0.25) is 0 Å². The van der Waals surface area contributed by atoms with Crippen molar-refractivity contribution in [1.29, 1.82) is 5.26 Å².